The zero-order valence-electron chi connectivity index (χ0n) is 20.4. The molecule has 0 saturated heterocycles. The molecule has 0 atom stereocenters. The number of carbonyl (C=O) groups excluding carboxylic acids is 1. The molecule has 188 valence electrons. The summed E-state index contributed by atoms with van der Waals surface area (Å²) >= 11 is 1.31. The second kappa shape index (κ2) is 11.9. The molecule has 2 aromatic rings. The fourth-order valence-corrected chi connectivity index (χ4v) is 4.30. The Balaban J connectivity index is 1.30. The fraction of sp³-hybridized carbons (Fsp3) is 0.308. The lowest BCUT2D eigenvalue weighted by Crippen LogP contribution is -2.35. The number of benzene rings is 2. The number of methoxy groups -OCH3 is 1. The third-order valence-electron chi connectivity index (χ3n) is 5.27. The molecule has 0 fully saturated rings. The maximum Gasteiger partial charge on any atom is 0.283 e. The molecule has 9 nitrogen and oxygen atoms in total. The summed E-state index contributed by atoms with van der Waals surface area (Å²) in [4.78, 5) is 16.6. The molecule has 0 spiro atoms. The summed E-state index contributed by atoms with van der Waals surface area (Å²) < 4.78 is 22.5. The molecule has 0 aromatic heterocycles. The predicted molar refractivity (Wildman–Crippen MR) is 141 cm³/mol. The molecule has 36 heavy (non-hydrogen) atoms. The van der Waals surface area contributed by atoms with Crippen molar-refractivity contribution in [2.75, 3.05) is 33.5 Å². The van der Waals surface area contributed by atoms with Gasteiger partial charge in [-0.15, -0.1) is 0 Å². The number of rotatable bonds is 11. The molecule has 2 heterocycles. The van der Waals surface area contributed by atoms with Crippen molar-refractivity contribution >= 4 is 39.8 Å². The van der Waals surface area contributed by atoms with E-state index in [4.69, 9.17) is 24.4 Å². The average Bonchev–Trinajstić information content (AvgIpc) is 3.29. The van der Waals surface area contributed by atoms with Crippen molar-refractivity contribution in [3.63, 3.8) is 0 Å². The monoisotopic (exact) mass is 508 g/mol. The van der Waals surface area contributed by atoms with Gasteiger partial charge >= 0.3 is 0 Å². The number of amides is 1. The molecule has 1 N–H and O–H groups in total. The Labute approximate surface area is 214 Å². The normalized spacial score (nSPS) is 16.1. The van der Waals surface area contributed by atoms with Gasteiger partial charge in [0, 0.05) is 0 Å². The van der Waals surface area contributed by atoms with Gasteiger partial charge in [0.25, 0.3) is 5.91 Å². The number of hydrogen-bond acceptors (Lipinski definition) is 8. The summed E-state index contributed by atoms with van der Waals surface area (Å²) in [6, 6.07) is 13.2. The van der Waals surface area contributed by atoms with E-state index in [-0.39, 0.29) is 11.4 Å². The van der Waals surface area contributed by atoms with E-state index in [0.29, 0.717) is 55.1 Å². The van der Waals surface area contributed by atoms with Crippen LogP contribution in [0.4, 0.5) is 0 Å². The quantitative estimate of drug-likeness (QED) is 0.352. The number of hydrazone groups is 1. The van der Waals surface area contributed by atoms with Crippen molar-refractivity contribution in [2.24, 2.45) is 10.1 Å². The maximum atomic E-state index is 12.5. The summed E-state index contributed by atoms with van der Waals surface area (Å²) in [6.07, 6.45) is 2.32. The smallest absolute Gasteiger partial charge is 0.283 e. The van der Waals surface area contributed by atoms with Crippen LogP contribution >= 0.6 is 11.8 Å². The Morgan fingerprint density at radius 3 is 2.61 bits per heavy atom. The Bertz CT molecular complexity index is 1240. The van der Waals surface area contributed by atoms with Crippen LogP contribution in [0.3, 0.4) is 0 Å². The standard InChI is InChI=1S/C26H28N4O5S/c1-4-23-29-30-24(27)20(25(31)28-26(30)36-23)15-18-8-9-21(22(16-18)32-3)35-13-11-33-10-12-34-19-7-5-6-17(2)14-19/h5-9,14-16,27H,4,10-13H2,1-3H3/b20-15-,27-24?. The van der Waals surface area contributed by atoms with Gasteiger partial charge in [-0.3, -0.25) is 10.2 Å². The first-order valence-electron chi connectivity index (χ1n) is 11.6. The Kier molecular flexibility index (Phi) is 8.40. The summed E-state index contributed by atoms with van der Waals surface area (Å²) in [5.41, 5.74) is 1.99. The van der Waals surface area contributed by atoms with E-state index in [1.54, 1.807) is 31.4 Å². The highest BCUT2D eigenvalue weighted by atomic mass is 32.2. The first kappa shape index (κ1) is 25.5. The van der Waals surface area contributed by atoms with Gasteiger partial charge in [-0.25, -0.2) is 0 Å². The molecular weight excluding hydrogens is 480 g/mol. The molecule has 2 aliphatic heterocycles. The number of amidine groups is 2. The van der Waals surface area contributed by atoms with Crippen LogP contribution in [0, 0.1) is 12.3 Å². The molecule has 0 saturated carbocycles. The lowest BCUT2D eigenvalue weighted by molar-refractivity contribution is -0.114. The highest BCUT2D eigenvalue weighted by Crippen LogP contribution is 2.32. The number of nitrogens with one attached hydrogen (secondary N) is 1. The van der Waals surface area contributed by atoms with Crippen molar-refractivity contribution in [3.8, 4) is 17.2 Å². The number of fused-ring (bicyclic) bond motifs is 1. The number of ether oxygens (including phenoxy) is 4. The van der Waals surface area contributed by atoms with Crippen LogP contribution in [0.25, 0.3) is 6.08 Å². The fourth-order valence-electron chi connectivity index (χ4n) is 3.47. The zero-order chi connectivity index (χ0) is 25.5. The second-order valence-corrected chi connectivity index (χ2v) is 8.94. The van der Waals surface area contributed by atoms with Crippen LogP contribution in [0.1, 0.15) is 24.5 Å². The number of aryl methyl sites for hydroxylation is 1. The molecule has 10 heteroatoms. The van der Waals surface area contributed by atoms with Gasteiger partial charge in [0.15, 0.2) is 17.3 Å². The SMILES string of the molecule is CCC1=NN2C(=N)/C(=C/c3ccc(OCCOCCOc4cccc(C)c4)c(OC)c3)C(=O)N=C2S1. The summed E-state index contributed by atoms with van der Waals surface area (Å²) in [5.74, 6) is 1.43. The Hall–Kier alpha value is -3.63. The van der Waals surface area contributed by atoms with Crippen molar-refractivity contribution < 1.29 is 23.7 Å². The van der Waals surface area contributed by atoms with Crippen molar-refractivity contribution in [3.05, 3.63) is 59.2 Å². The molecule has 1 amide bonds. The van der Waals surface area contributed by atoms with E-state index in [0.717, 1.165) is 16.4 Å². The summed E-state index contributed by atoms with van der Waals surface area (Å²) in [5, 5.41) is 15.4. The Morgan fingerprint density at radius 1 is 1.06 bits per heavy atom. The van der Waals surface area contributed by atoms with Crippen LogP contribution in [0.5, 0.6) is 17.2 Å². The lowest BCUT2D eigenvalue weighted by Gasteiger charge is -2.20. The molecule has 0 aliphatic carbocycles. The minimum Gasteiger partial charge on any atom is -0.493 e. The number of hydrogen-bond donors (Lipinski definition) is 1. The zero-order valence-corrected chi connectivity index (χ0v) is 21.3. The van der Waals surface area contributed by atoms with E-state index in [1.807, 2.05) is 38.1 Å². The van der Waals surface area contributed by atoms with E-state index in [1.165, 1.54) is 16.8 Å². The third-order valence-corrected chi connectivity index (χ3v) is 6.32. The first-order valence-corrected chi connectivity index (χ1v) is 12.4. The topological polar surface area (TPSA) is 106 Å². The molecule has 2 aromatic carbocycles. The summed E-state index contributed by atoms with van der Waals surface area (Å²) in [6.45, 7) is 5.63. The van der Waals surface area contributed by atoms with E-state index < -0.39 is 5.91 Å². The average molecular weight is 509 g/mol. The molecule has 0 radical (unpaired) electrons. The molecule has 2 aliphatic rings. The van der Waals surface area contributed by atoms with Crippen LogP contribution < -0.4 is 14.2 Å². The highest BCUT2D eigenvalue weighted by molar-refractivity contribution is 8.26. The van der Waals surface area contributed by atoms with E-state index >= 15 is 0 Å². The second-order valence-electron chi connectivity index (χ2n) is 7.90. The van der Waals surface area contributed by atoms with Gasteiger partial charge in [-0.1, -0.05) is 25.1 Å². The highest BCUT2D eigenvalue weighted by Gasteiger charge is 2.35. The Morgan fingerprint density at radius 2 is 1.86 bits per heavy atom. The predicted octanol–water partition coefficient (Wildman–Crippen LogP) is 4.51. The van der Waals surface area contributed by atoms with Gasteiger partial charge in [0.1, 0.15) is 24.0 Å². The van der Waals surface area contributed by atoms with Gasteiger partial charge in [0.05, 0.1) is 25.9 Å². The minimum atomic E-state index is -0.464. The minimum absolute atomic E-state index is 0.00349. The third kappa shape index (κ3) is 6.13. The molecule has 4 rings (SSSR count). The van der Waals surface area contributed by atoms with E-state index in [2.05, 4.69) is 10.1 Å². The summed E-state index contributed by atoms with van der Waals surface area (Å²) in [7, 11) is 1.55. The van der Waals surface area contributed by atoms with Crippen molar-refractivity contribution in [1.82, 2.24) is 5.01 Å². The van der Waals surface area contributed by atoms with Crippen molar-refractivity contribution in [2.45, 2.75) is 20.3 Å². The van der Waals surface area contributed by atoms with E-state index in [9.17, 15) is 4.79 Å². The van der Waals surface area contributed by atoms with Gasteiger partial charge in [-0.2, -0.15) is 15.1 Å². The van der Waals surface area contributed by atoms with Crippen LogP contribution in [-0.2, 0) is 9.53 Å². The number of aliphatic imine (C=N–C) groups is 1. The first-order chi connectivity index (χ1) is 17.5. The van der Waals surface area contributed by atoms with Crippen LogP contribution in [0.15, 0.2) is 58.1 Å². The largest absolute Gasteiger partial charge is 0.493 e. The molecular formula is C26H28N4O5S. The number of carbonyl (C=O) groups is 1. The van der Waals surface area contributed by atoms with Gasteiger partial charge < -0.3 is 18.9 Å². The lowest BCUT2D eigenvalue weighted by atomic mass is 10.1. The molecule has 0 bridgehead atoms. The number of thioether (sulfide) groups is 1. The van der Waals surface area contributed by atoms with Gasteiger partial charge in [0.2, 0.25) is 5.17 Å². The number of nitrogens with zero attached hydrogens (tertiary/aromatic N) is 3. The maximum absolute atomic E-state index is 12.5. The van der Waals surface area contributed by atoms with Crippen LogP contribution in [-0.4, -0.2) is 60.5 Å². The van der Waals surface area contributed by atoms with Crippen molar-refractivity contribution in [1.29, 1.82) is 5.41 Å². The van der Waals surface area contributed by atoms with Gasteiger partial charge in [-0.05, 0) is 66.6 Å². The molecule has 0 unspecified atom stereocenters. The van der Waals surface area contributed by atoms with Crippen LogP contribution in [0.2, 0.25) is 0 Å².